The zero-order valence-corrected chi connectivity index (χ0v) is 19.4. The van der Waals surface area contributed by atoms with Crippen LogP contribution in [0.5, 0.6) is 0 Å². The van der Waals surface area contributed by atoms with Crippen molar-refractivity contribution < 1.29 is 9.47 Å². The van der Waals surface area contributed by atoms with Crippen LogP contribution in [0.4, 0.5) is 0 Å². The Balaban J connectivity index is 0.00000576. The maximum absolute atomic E-state index is 5.60. The molecule has 1 fully saturated rings. The van der Waals surface area contributed by atoms with E-state index < -0.39 is 0 Å². The normalized spacial score (nSPS) is 19.3. The summed E-state index contributed by atoms with van der Waals surface area (Å²) in [5.74, 6) is 1.41. The summed E-state index contributed by atoms with van der Waals surface area (Å²) in [7, 11) is 3.58. The largest absolute Gasteiger partial charge is 0.379 e. The summed E-state index contributed by atoms with van der Waals surface area (Å²) < 4.78 is 11.1. The maximum atomic E-state index is 5.60. The zero-order valence-electron chi connectivity index (χ0n) is 17.1. The van der Waals surface area contributed by atoms with E-state index in [9.17, 15) is 0 Å². The molecule has 2 atom stereocenters. The molecule has 1 aliphatic heterocycles. The minimum atomic E-state index is 0. The van der Waals surface area contributed by atoms with Gasteiger partial charge < -0.3 is 20.1 Å². The van der Waals surface area contributed by atoms with Crippen molar-refractivity contribution in [3.8, 4) is 0 Å². The van der Waals surface area contributed by atoms with Crippen molar-refractivity contribution in [3.05, 3.63) is 0 Å². The van der Waals surface area contributed by atoms with Crippen LogP contribution in [0.15, 0.2) is 4.99 Å². The second kappa shape index (κ2) is 12.3. The lowest BCUT2D eigenvalue weighted by Gasteiger charge is -2.37. The number of morpholine rings is 1. The molecule has 0 spiro atoms. The van der Waals surface area contributed by atoms with Gasteiger partial charge >= 0.3 is 0 Å². The molecule has 1 saturated heterocycles. The lowest BCUT2D eigenvalue weighted by atomic mass is 9.89. The molecule has 150 valence electrons. The molecule has 7 heteroatoms. The van der Waals surface area contributed by atoms with Crippen LogP contribution in [-0.2, 0) is 9.47 Å². The van der Waals surface area contributed by atoms with Crippen LogP contribution < -0.4 is 10.6 Å². The molecular formula is C18H39IN4O2. The number of guanidine groups is 1. The van der Waals surface area contributed by atoms with Gasteiger partial charge in [-0.15, -0.1) is 24.0 Å². The predicted molar refractivity (Wildman–Crippen MR) is 116 cm³/mol. The van der Waals surface area contributed by atoms with E-state index in [1.165, 1.54) is 0 Å². The molecule has 1 heterocycles. The van der Waals surface area contributed by atoms with Crippen molar-refractivity contribution in [3.63, 3.8) is 0 Å². The fourth-order valence-electron chi connectivity index (χ4n) is 3.05. The topological polar surface area (TPSA) is 58.1 Å². The molecular weight excluding hydrogens is 431 g/mol. The van der Waals surface area contributed by atoms with E-state index in [0.29, 0.717) is 12.0 Å². The molecule has 25 heavy (non-hydrogen) atoms. The van der Waals surface area contributed by atoms with E-state index in [1.54, 1.807) is 7.11 Å². The van der Waals surface area contributed by atoms with Crippen LogP contribution in [0, 0.1) is 11.3 Å². The van der Waals surface area contributed by atoms with Crippen LogP contribution in [-0.4, -0.2) is 76.6 Å². The Morgan fingerprint density at radius 2 is 1.72 bits per heavy atom. The number of ether oxygens (including phenoxy) is 2. The van der Waals surface area contributed by atoms with Crippen LogP contribution in [0.1, 0.15) is 34.6 Å². The SMILES string of the molecule is CN=C(NCC(C(C)C)N1CCOCC1)NCC(OC)C(C)(C)C.I. The van der Waals surface area contributed by atoms with Crippen molar-refractivity contribution in [2.24, 2.45) is 16.3 Å². The van der Waals surface area contributed by atoms with Crippen LogP contribution >= 0.6 is 24.0 Å². The molecule has 0 aromatic rings. The summed E-state index contributed by atoms with van der Waals surface area (Å²) in [6.07, 6.45) is 0.135. The van der Waals surface area contributed by atoms with Crippen molar-refractivity contribution in [1.29, 1.82) is 0 Å². The Hall–Kier alpha value is -0.120. The van der Waals surface area contributed by atoms with E-state index in [0.717, 1.165) is 45.4 Å². The standard InChI is InChI=1S/C18H38N4O2.HI/c1-14(2)15(22-8-10-24-11-9-22)12-20-17(19-6)21-13-16(23-7)18(3,4)5;/h14-16H,8-13H2,1-7H3,(H2,19,20,21);1H. The Morgan fingerprint density at radius 3 is 2.16 bits per heavy atom. The van der Waals surface area contributed by atoms with Gasteiger partial charge in [-0.1, -0.05) is 34.6 Å². The minimum Gasteiger partial charge on any atom is -0.379 e. The van der Waals surface area contributed by atoms with E-state index in [1.807, 2.05) is 7.05 Å². The van der Waals surface area contributed by atoms with E-state index in [2.05, 4.69) is 55.1 Å². The molecule has 2 N–H and O–H groups in total. The minimum absolute atomic E-state index is 0. The number of methoxy groups -OCH3 is 1. The molecule has 0 radical (unpaired) electrons. The first kappa shape index (κ1) is 24.9. The Morgan fingerprint density at radius 1 is 1.16 bits per heavy atom. The average molecular weight is 470 g/mol. The number of hydrogen-bond acceptors (Lipinski definition) is 4. The van der Waals surface area contributed by atoms with E-state index in [4.69, 9.17) is 9.47 Å². The van der Waals surface area contributed by atoms with Gasteiger partial charge in [0, 0.05) is 46.4 Å². The summed E-state index contributed by atoms with van der Waals surface area (Å²) >= 11 is 0. The molecule has 0 aliphatic carbocycles. The molecule has 2 unspecified atom stereocenters. The molecule has 0 saturated carbocycles. The number of halogens is 1. The van der Waals surface area contributed by atoms with Crippen molar-refractivity contribution in [1.82, 2.24) is 15.5 Å². The number of aliphatic imine (C=N–C) groups is 1. The van der Waals surface area contributed by atoms with Gasteiger partial charge in [0.1, 0.15) is 0 Å². The van der Waals surface area contributed by atoms with Gasteiger partial charge in [0.15, 0.2) is 5.96 Å². The third-order valence-corrected chi connectivity index (χ3v) is 4.69. The van der Waals surface area contributed by atoms with Crippen molar-refractivity contribution >= 4 is 29.9 Å². The van der Waals surface area contributed by atoms with Gasteiger partial charge in [0.2, 0.25) is 0 Å². The number of nitrogens with one attached hydrogen (secondary N) is 2. The van der Waals surface area contributed by atoms with Gasteiger partial charge in [-0.3, -0.25) is 9.89 Å². The first-order valence-electron chi connectivity index (χ1n) is 9.08. The maximum Gasteiger partial charge on any atom is 0.191 e. The number of hydrogen-bond donors (Lipinski definition) is 2. The van der Waals surface area contributed by atoms with Crippen LogP contribution in [0.3, 0.4) is 0 Å². The fraction of sp³-hybridized carbons (Fsp3) is 0.944. The van der Waals surface area contributed by atoms with Gasteiger partial charge in [-0.2, -0.15) is 0 Å². The Bertz CT molecular complexity index is 380. The van der Waals surface area contributed by atoms with Crippen molar-refractivity contribution in [2.45, 2.75) is 46.8 Å². The highest BCUT2D eigenvalue weighted by Crippen LogP contribution is 2.20. The predicted octanol–water partition coefficient (Wildman–Crippen LogP) is 2.19. The highest BCUT2D eigenvalue weighted by atomic mass is 127. The highest BCUT2D eigenvalue weighted by Gasteiger charge is 2.26. The summed E-state index contributed by atoms with van der Waals surface area (Å²) in [6, 6.07) is 0.480. The van der Waals surface area contributed by atoms with Crippen LogP contribution in [0.2, 0.25) is 0 Å². The van der Waals surface area contributed by atoms with E-state index in [-0.39, 0.29) is 35.5 Å². The quantitative estimate of drug-likeness (QED) is 0.340. The first-order chi connectivity index (χ1) is 11.3. The molecule has 6 nitrogen and oxygen atoms in total. The van der Waals surface area contributed by atoms with Crippen LogP contribution in [0.25, 0.3) is 0 Å². The van der Waals surface area contributed by atoms with Gasteiger partial charge in [-0.05, 0) is 11.3 Å². The number of rotatable bonds is 7. The Labute approximate surface area is 171 Å². The van der Waals surface area contributed by atoms with Crippen molar-refractivity contribution in [2.75, 3.05) is 53.6 Å². The lowest BCUT2D eigenvalue weighted by Crippen LogP contribution is -2.53. The zero-order chi connectivity index (χ0) is 18.2. The monoisotopic (exact) mass is 470 g/mol. The molecule has 0 amide bonds. The molecule has 0 aromatic heterocycles. The molecule has 0 bridgehead atoms. The third-order valence-electron chi connectivity index (χ3n) is 4.69. The summed E-state index contributed by atoms with van der Waals surface area (Å²) in [6.45, 7) is 16.4. The fourth-order valence-corrected chi connectivity index (χ4v) is 3.05. The lowest BCUT2D eigenvalue weighted by molar-refractivity contribution is 0.00738. The summed E-state index contributed by atoms with van der Waals surface area (Å²) in [5, 5.41) is 6.87. The van der Waals surface area contributed by atoms with E-state index >= 15 is 0 Å². The smallest absolute Gasteiger partial charge is 0.191 e. The number of nitrogens with zero attached hydrogens (tertiary/aromatic N) is 2. The molecule has 1 aliphatic rings. The molecule has 0 aromatic carbocycles. The second-order valence-corrected chi connectivity index (χ2v) is 7.88. The second-order valence-electron chi connectivity index (χ2n) is 7.88. The van der Waals surface area contributed by atoms with Gasteiger partial charge in [0.25, 0.3) is 0 Å². The third kappa shape index (κ3) is 8.88. The molecule has 1 rings (SSSR count). The first-order valence-corrected chi connectivity index (χ1v) is 9.08. The summed E-state index contributed by atoms with van der Waals surface area (Å²) in [4.78, 5) is 6.86. The Kier molecular flexibility index (Phi) is 12.2. The highest BCUT2D eigenvalue weighted by molar-refractivity contribution is 14.0. The summed E-state index contributed by atoms with van der Waals surface area (Å²) in [5.41, 5.74) is 0.0921. The van der Waals surface area contributed by atoms with Gasteiger partial charge in [-0.25, -0.2) is 0 Å². The average Bonchev–Trinajstić information content (AvgIpc) is 2.53. The van der Waals surface area contributed by atoms with Gasteiger partial charge in [0.05, 0.1) is 19.3 Å².